The molecule has 3 heterocycles. The van der Waals surface area contributed by atoms with Crippen molar-refractivity contribution in [2.45, 2.75) is 45.9 Å². The summed E-state index contributed by atoms with van der Waals surface area (Å²) in [7, 11) is 2.08. The van der Waals surface area contributed by atoms with Crippen LogP contribution in [-0.2, 0) is 24.8 Å². The molecule has 1 aromatic carbocycles. The van der Waals surface area contributed by atoms with Gasteiger partial charge >= 0.3 is 5.97 Å². The van der Waals surface area contributed by atoms with E-state index in [0.29, 0.717) is 12.1 Å². The van der Waals surface area contributed by atoms with Crippen LogP contribution >= 0.6 is 0 Å². The van der Waals surface area contributed by atoms with Gasteiger partial charge in [0.05, 0.1) is 17.9 Å². The van der Waals surface area contributed by atoms with Gasteiger partial charge in [-0.2, -0.15) is 0 Å². The Morgan fingerprint density at radius 3 is 2.55 bits per heavy atom. The summed E-state index contributed by atoms with van der Waals surface area (Å²) in [5, 5.41) is 10.3. The van der Waals surface area contributed by atoms with Crippen LogP contribution in [0.5, 0.6) is 0 Å². The zero-order valence-corrected chi connectivity index (χ0v) is 18.4. The minimum absolute atomic E-state index is 0.224. The number of benzene rings is 1. The van der Waals surface area contributed by atoms with E-state index >= 15 is 0 Å². The number of morpholine rings is 1. The molecule has 31 heavy (non-hydrogen) atoms. The maximum Gasteiger partial charge on any atom is 0.341 e. The van der Waals surface area contributed by atoms with Gasteiger partial charge < -0.3 is 19.4 Å². The molecule has 0 saturated carbocycles. The molecule has 164 valence electrons. The van der Waals surface area contributed by atoms with Crippen LogP contribution in [-0.4, -0.2) is 50.8 Å². The lowest BCUT2D eigenvalue weighted by molar-refractivity contribution is -0.0709. The van der Waals surface area contributed by atoms with E-state index in [0.717, 1.165) is 41.7 Å². The predicted octanol–water partition coefficient (Wildman–Crippen LogP) is 3.40. The van der Waals surface area contributed by atoms with E-state index in [1.54, 1.807) is 0 Å². The number of nitrogens with zero attached hydrogens (tertiary/aromatic N) is 2. The monoisotopic (exact) mass is 423 g/mol. The van der Waals surface area contributed by atoms with Crippen molar-refractivity contribution in [1.29, 1.82) is 0 Å². The molecule has 0 amide bonds. The van der Waals surface area contributed by atoms with Crippen LogP contribution in [0.2, 0.25) is 0 Å². The van der Waals surface area contributed by atoms with Crippen molar-refractivity contribution in [3.8, 4) is 11.3 Å². The first kappa shape index (κ1) is 21.3. The second-order valence-corrected chi connectivity index (χ2v) is 8.49. The Bertz CT molecular complexity index is 1180. The van der Waals surface area contributed by atoms with E-state index in [-0.39, 0.29) is 17.8 Å². The Kier molecular flexibility index (Phi) is 5.73. The second kappa shape index (κ2) is 8.32. The summed E-state index contributed by atoms with van der Waals surface area (Å²) in [6.07, 6.45) is 1.07. The van der Waals surface area contributed by atoms with Crippen LogP contribution in [0.15, 0.2) is 35.1 Å². The van der Waals surface area contributed by atoms with E-state index < -0.39 is 11.5 Å². The number of fused-ring (bicyclic) bond motifs is 1. The summed E-state index contributed by atoms with van der Waals surface area (Å²) >= 11 is 0. The molecule has 1 fully saturated rings. The van der Waals surface area contributed by atoms with Gasteiger partial charge in [-0.05, 0) is 55.7 Å². The van der Waals surface area contributed by atoms with Crippen LogP contribution < -0.4 is 5.56 Å². The van der Waals surface area contributed by atoms with Gasteiger partial charge in [0, 0.05) is 43.3 Å². The first-order valence-electron chi connectivity index (χ1n) is 10.7. The van der Waals surface area contributed by atoms with Gasteiger partial charge in [0.2, 0.25) is 0 Å². The number of H-pyrrole nitrogens is 1. The summed E-state index contributed by atoms with van der Waals surface area (Å²) in [6.45, 7) is 8.84. The Hall–Kier alpha value is -2.90. The smallest absolute Gasteiger partial charge is 0.341 e. The first-order chi connectivity index (χ1) is 14.8. The van der Waals surface area contributed by atoms with Gasteiger partial charge in [0.1, 0.15) is 5.56 Å². The van der Waals surface area contributed by atoms with Crippen molar-refractivity contribution >= 4 is 16.9 Å². The standard InChI is InChI=1S/C24H29N3O4/c1-5-16-10-20(24(29)30)23(28)25-22(16)17-6-7-21-18(8-17)9-19(26(21)4)13-27-11-14(2)31-15(3)12-27/h6-10,14-15H,5,11-13H2,1-4H3,(H,25,28)(H,29,30)/t14-,15?/m0/s1. The fraction of sp³-hybridized carbons (Fsp3) is 0.417. The molecule has 0 radical (unpaired) electrons. The molecule has 7 heteroatoms. The third kappa shape index (κ3) is 4.16. The van der Waals surface area contributed by atoms with Crippen molar-refractivity contribution in [3.63, 3.8) is 0 Å². The van der Waals surface area contributed by atoms with Crippen molar-refractivity contribution in [2.75, 3.05) is 13.1 Å². The third-order valence-corrected chi connectivity index (χ3v) is 6.05. The maximum absolute atomic E-state index is 12.3. The molecule has 7 nitrogen and oxygen atoms in total. The number of aromatic carboxylic acids is 1. The number of hydrogen-bond acceptors (Lipinski definition) is 4. The molecule has 1 saturated heterocycles. The lowest BCUT2D eigenvalue weighted by Gasteiger charge is -2.35. The zero-order chi connectivity index (χ0) is 22.3. The highest BCUT2D eigenvalue weighted by Gasteiger charge is 2.23. The van der Waals surface area contributed by atoms with E-state index in [9.17, 15) is 14.7 Å². The number of carbonyl (C=O) groups is 1. The quantitative estimate of drug-likeness (QED) is 0.657. The Morgan fingerprint density at radius 2 is 1.90 bits per heavy atom. The topological polar surface area (TPSA) is 87.6 Å². The number of carboxylic acid groups (broad SMARTS) is 1. The predicted molar refractivity (Wildman–Crippen MR) is 121 cm³/mol. The van der Waals surface area contributed by atoms with E-state index in [4.69, 9.17) is 4.74 Å². The number of hydrogen-bond donors (Lipinski definition) is 2. The summed E-state index contributed by atoms with van der Waals surface area (Å²) < 4.78 is 8.06. The van der Waals surface area contributed by atoms with Crippen LogP contribution in [0.25, 0.3) is 22.2 Å². The Labute approximate surface area is 181 Å². The second-order valence-electron chi connectivity index (χ2n) is 8.49. The lowest BCUT2D eigenvalue weighted by atomic mass is 10.0. The number of rotatable bonds is 5. The van der Waals surface area contributed by atoms with E-state index in [2.05, 4.69) is 53.5 Å². The molecule has 1 aliphatic heterocycles. The number of aromatic nitrogens is 2. The van der Waals surface area contributed by atoms with Gasteiger partial charge in [-0.1, -0.05) is 13.0 Å². The van der Waals surface area contributed by atoms with Crippen molar-refractivity contribution in [2.24, 2.45) is 7.05 Å². The Morgan fingerprint density at radius 1 is 1.19 bits per heavy atom. The molecule has 0 spiro atoms. The number of pyridine rings is 1. The summed E-state index contributed by atoms with van der Waals surface area (Å²) in [4.78, 5) is 28.8. The molecule has 2 aromatic heterocycles. The minimum atomic E-state index is -1.21. The number of aryl methyl sites for hydroxylation is 2. The molecule has 2 N–H and O–H groups in total. The van der Waals surface area contributed by atoms with Crippen LogP contribution in [0.3, 0.4) is 0 Å². The number of carboxylic acids is 1. The van der Waals surface area contributed by atoms with Crippen LogP contribution in [0.1, 0.15) is 42.4 Å². The van der Waals surface area contributed by atoms with Gasteiger partial charge in [-0.25, -0.2) is 4.79 Å². The van der Waals surface area contributed by atoms with Gasteiger partial charge in [-0.3, -0.25) is 9.69 Å². The summed E-state index contributed by atoms with van der Waals surface area (Å²) in [5.41, 5.74) is 3.91. The summed E-state index contributed by atoms with van der Waals surface area (Å²) in [6, 6.07) is 9.78. The normalized spacial score (nSPS) is 19.7. The average molecular weight is 424 g/mol. The Balaban J connectivity index is 1.70. The summed E-state index contributed by atoms with van der Waals surface area (Å²) in [5.74, 6) is -1.21. The molecule has 3 aromatic rings. The number of nitrogens with one attached hydrogen (secondary N) is 1. The van der Waals surface area contributed by atoms with Crippen molar-refractivity contribution in [1.82, 2.24) is 14.5 Å². The largest absolute Gasteiger partial charge is 0.477 e. The number of ether oxygens (including phenoxy) is 1. The molecule has 0 aliphatic carbocycles. The molecule has 0 bridgehead atoms. The van der Waals surface area contributed by atoms with Crippen molar-refractivity contribution < 1.29 is 14.6 Å². The molecule has 4 rings (SSSR count). The molecule has 1 unspecified atom stereocenters. The van der Waals surface area contributed by atoms with Crippen molar-refractivity contribution in [3.05, 3.63) is 57.5 Å². The highest BCUT2D eigenvalue weighted by atomic mass is 16.5. The average Bonchev–Trinajstić information content (AvgIpc) is 3.01. The van der Waals surface area contributed by atoms with Gasteiger partial charge in [0.25, 0.3) is 5.56 Å². The minimum Gasteiger partial charge on any atom is -0.477 e. The maximum atomic E-state index is 12.3. The number of aromatic amines is 1. The van der Waals surface area contributed by atoms with Crippen LogP contribution in [0.4, 0.5) is 0 Å². The highest BCUT2D eigenvalue weighted by molar-refractivity contribution is 5.89. The van der Waals surface area contributed by atoms with Gasteiger partial charge in [0.15, 0.2) is 0 Å². The van der Waals surface area contributed by atoms with E-state index in [1.807, 2.05) is 13.0 Å². The van der Waals surface area contributed by atoms with Gasteiger partial charge in [-0.15, -0.1) is 0 Å². The van der Waals surface area contributed by atoms with E-state index in [1.165, 1.54) is 11.8 Å². The molecule has 1 aliphatic rings. The molecular formula is C24H29N3O4. The fourth-order valence-corrected chi connectivity index (χ4v) is 4.62. The molecular weight excluding hydrogens is 394 g/mol. The third-order valence-electron chi connectivity index (χ3n) is 6.05. The molecule has 2 atom stereocenters. The first-order valence-corrected chi connectivity index (χ1v) is 10.7. The fourth-order valence-electron chi connectivity index (χ4n) is 4.62. The van der Waals surface area contributed by atoms with Crippen LogP contribution in [0, 0.1) is 0 Å². The lowest BCUT2D eigenvalue weighted by Crippen LogP contribution is -2.45. The zero-order valence-electron chi connectivity index (χ0n) is 18.4. The SMILES string of the molecule is CCc1cc(C(=O)O)c(=O)[nH]c1-c1ccc2c(c1)cc(CN1CC(C)O[C@@H](C)C1)n2C. The highest BCUT2D eigenvalue weighted by Crippen LogP contribution is 2.28.